The molecule has 1 saturated carbocycles. The van der Waals surface area contributed by atoms with Gasteiger partial charge in [-0.3, -0.25) is 9.88 Å². The second-order valence-electron chi connectivity index (χ2n) is 17.6. The summed E-state index contributed by atoms with van der Waals surface area (Å²) in [5.41, 5.74) is 5.43. The molecule has 3 heterocycles. The Morgan fingerprint density at radius 3 is 2.58 bits per heavy atom. The number of unbranched alkanes of at least 4 members (excludes halogenated alkanes) is 2. The summed E-state index contributed by atoms with van der Waals surface area (Å²) in [6.07, 6.45) is 11.3. The molecule has 7 rings (SSSR count). The van der Waals surface area contributed by atoms with Gasteiger partial charge in [-0.1, -0.05) is 73.5 Å². The van der Waals surface area contributed by atoms with Gasteiger partial charge in [0.1, 0.15) is 30.8 Å². The zero-order valence-electron chi connectivity index (χ0n) is 38.3. The van der Waals surface area contributed by atoms with Crippen molar-refractivity contribution in [3.8, 4) is 11.5 Å². The first-order valence-corrected chi connectivity index (χ1v) is 23.8. The number of amides is 1. The predicted octanol–water partition coefficient (Wildman–Crippen LogP) is 9.19. The third-order valence-electron chi connectivity index (χ3n) is 13.0. The molecule has 2 aliphatic heterocycles. The Morgan fingerprint density at radius 2 is 1.83 bits per heavy atom. The van der Waals surface area contributed by atoms with Crippen molar-refractivity contribution >= 4 is 11.8 Å². The molecule has 1 amide bonds. The fraction of sp³-hybridized carbons (Fsp3) is 0.558. The minimum absolute atomic E-state index is 0.0619. The fourth-order valence-electron chi connectivity index (χ4n) is 10.1. The maximum absolute atomic E-state index is 14.6. The van der Waals surface area contributed by atoms with Crippen molar-refractivity contribution < 1.29 is 48.3 Å². The number of rotatable bonds is 24. The number of hydrogen-bond donors (Lipinski definition) is 2. The molecule has 7 atom stereocenters. The number of hydrogen-bond acceptors (Lipinski definition) is 12. The molecule has 0 spiro atoms. The second kappa shape index (κ2) is 24.1. The monoisotopic (exact) mass is 895 g/mol. The molecule has 65 heavy (non-hydrogen) atoms. The van der Waals surface area contributed by atoms with E-state index in [-0.39, 0.29) is 57.2 Å². The van der Waals surface area contributed by atoms with Crippen LogP contribution in [0.3, 0.4) is 0 Å². The number of benzene rings is 2. The van der Waals surface area contributed by atoms with Gasteiger partial charge in [0.25, 0.3) is 0 Å². The van der Waals surface area contributed by atoms with E-state index in [2.05, 4.69) is 23.7 Å². The van der Waals surface area contributed by atoms with E-state index in [1.54, 1.807) is 11.0 Å². The molecule has 0 bridgehead atoms. The largest absolute Gasteiger partial charge is 0.487 e. The van der Waals surface area contributed by atoms with E-state index in [4.69, 9.17) is 38.4 Å². The van der Waals surface area contributed by atoms with Gasteiger partial charge in [0.05, 0.1) is 43.8 Å². The van der Waals surface area contributed by atoms with Gasteiger partial charge in [0, 0.05) is 49.8 Å². The van der Waals surface area contributed by atoms with E-state index in [1.165, 1.54) is 0 Å². The van der Waals surface area contributed by atoms with Gasteiger partial charge < -0.3 is 43.5 Å². The highest BCUT2D eigenvalue weighted by atomic mass is 16.8. The number of allylic oxidation sites excluding steroid dienone is 1. The van der Waals surface area contributed by atoms with E-state index in [1.807, 2.05) is 74.5 Å². The van der Waals surface area contributed by atoms with Crippen LogP contribution in [0.25, 0.3) is 0 Å². The standard InChI is InChI=1S/C52H69N3O10/c1-4-25-55(51(58)61-31-30-59-35-38-17-7-6-8-18-38)47-34-45(54-65-48-22-11-14-29-60-48)43-32-39(19-9-12-26-56)42(21-10-13-27-57)49-44-33-41(62-36-40-20-15-16-37(3)53-40)23-24-46(44)64-52(47,50(43)49)63-28-5-2/h5-8,15-18,20,23-24,32-33,39,42,47-50,56-57H,2,4,9-14,19,21-22,25-31,34-36H2,1,3H3. The number of carbonyl (C=O) groups is 1. The molecule has 7 unspecified atom stereocenters. The smallest absolute Gasteiger partial charge is 0.410 e. The zero-order valence-corrected chi connectivity index (χ0v) is 38.3. The molecule has 1 saturated heterocycles. The number of nitrogens with zero attached hydrogens (tertiary/aromatic N) is 3. The van der Waals surface area contributed by atoms with Crippen molar-refractivity contribution in [1.82, 2.24) is 9.88 Å². The lowest BCUT2D eigenvalue weighted by molar-refractivity contribution is -0.255. The first-order valence-electron chi connectivity index (χ1n) is 23.8. The Morgan fingerprint density at radius 1 is 1.00 bits per heavy atom. The first kappa shape index (κ1) is 48.2. The number of carbonyl (C=O) groups excluding carboxylic acids is 1. The Balaban J connectivity index is 1.33. The summed E-state index contributed by atoms with van der Waals surface area (Å²) in [6, 6.07) is 21.1. The highest BCUT2D eigenvalue weighted by molar-refractivity contribution is 6.03. The molecular weight excluding hydrogens is 827 g/mol. The van der Waals surface area contributed by atoms with Gasteiger partial charge in [-0.05, 0) is 105 Å². The lowest BCUT2D eigenvalue weighted by Gasteiger charge is -2.60. The van der Waals surface area contributed by atoms with E-state index in [9.17, 15) is 15.0 Å². The average Bonchev–Trinajstić information content (AvgIpc) is 3.33. The van der Waals surface area contributed by atoms with Crippen molar-refractivity contribution in [3.63, 3.8) is 0 Å². The molecule has 0 radical (unpaired) electrons. The Kier molecular flexibility index (Phi) is 17.9. The van der Waals surface area contributed by atoms with Crippen molar-refractivity contribution in [3.05, 3.63) is 114 Å². The molecular formula is C52H69N3O10. The van der Waals surface area contributed by atoms with Gasteiger partial charge in [-0.25, -0.2) is 4.79 Å². The second-order valence-corrected chi connectivity index (χ2v) is 17.6. The summed E-state index contributed by atoms with van der Waals surface area (Å²) in [5, 5.41) is 24.9. The van der Waals surface area contributed by atoms with Crippen LogP contribution >= 0.6 is 0 Å². The van der Waals surface area contributed by atoms with Crippen LogP contribution in [0.1, 0.15) is 106 Å². The summed E-state index contributed by atoms with van der Waals surface area (Å²) in [5.74, 6) is -0.598. The summed E-state index contributed by atoms with van der Waals surface area (Å²) < 4.78 is 38.9. The molecule has 4 aliphatic rings. The number of aliphatic hydroxyl groups is 2. The Labute approximate surface area is 384 Å². The highest BCUT2D eigenvalue weighted by Crippen LogP contribution is 2.62. The van der Waals surface area contributed by atoms with Gasteiger partial charge in [-0.15, -0.1) is 6.58 Å². The molecule has 1 aromatic heterocycles. The van der Waals surface area contributed by atoms with Crippen molar-refractivity contribution in [1.29, 1.82) is 0 Å². The van der Waals surface area contributed by atoms with E-state index in [0.717, 1.165) is 73.0 Å². The molecule has 352 valence electrons. The van der Waals surface area contributed by atoms with Crippen molar-refractivity contribution in [2.24, 2.45) is 22.9 Å². The summed E-state index contributed by atoms with van der Waals surface area (Å²) >= 11 is 0. The number of oxime groups is 1. The summed E-state index contributed by atoms with van der Waals surface area (Å²) in [4.78, 5) is 27.3. The predicted molar refractivity (Wildman–Crippen MR) is 247 cm³/mol. The van der Waals surface area contributed by atoms with Gasteiger partial charge in [-0.2, -0.15) is 0 Å². The molecule has 2 aliphatic carbocycles. The van der Waals surface area contributed by atoms with Crippen molar-refractivity contribution in [2.75, 3.05) is 46.2 Å². The Hall–Kier alpha value is -4.79. The number of aromatic nitrogens is 1. The van der Waals surface area contributed by atoms with Crippen LogP contribution in [-0.4, -0.2) is 96.2 Å². The molecule has 2 aromatic carbocycles. The molecule has 3 aromatic rings. The summed E-state index contributed by atoms with van der Waals surface area (Å²) in [7, 11) is 0. The van der Waals surface area contributed by atoms with Crippen LogP contribution in [0, 0.1) is 24.7 Å². The normalized spacial score (nSPS) is 25.1. The lowest BCUT2D eigenvalue weighted by Crippen LogP contribution is -2.70. The van der Waals surface area contributed by atoms with Crippen LogP contribution in [0.5, 0.6) is 11.5 Å². The minimum Gasteiger partial charge on any atom is -0.487 e. The van der Waals surface area contributed by atoms with Gasteiger partial charge in [0.2, 0.25) is 12.1 Å². The lowest BCUT2D eigenvalue weighted by atomic mass is 9.55. The van der Waals surface area contributed by atoms with Crippen LogP contribution in [0.4, 0.5) is 4.79 Å². The molecule has 13 heteroatoms. The maximum atomic E-state index is 14.6. The van der Waals surface area contributed by atoms with Crippen molar-refractivity contribution in [2.45, 2.75) is 122 Å². The van der Waals surface area contributed by atoms with E-state index in [0.29, 0.717) is 62.8 Å². The SMILES string of the molecule is C=CCOC12Oc3ccc(OCc4cccc(C)n4)cc3C3C(CCCCO)C(CCCCO)C=C(C(=NOC4CCCCO4)CC1N(CCC)C(=O)OCCOCc1ccccc1)C32. The highest BCUT2D eigenvalue weighted by Gasteiger charge is 2.65. The number of pyridine rings is 1. The quantitative estimate of drug-likeness (QED) is 0.0503. The maximum Gasteiger partial charge on any atom is 0.410 e. The fourth-order valence-corrected chi connectivity index (χ4v) is 10.1. The zero-order chi connectivity index (χ0) is 45.4. The summed E-state index contributed by atoms with van der Waals surface area (Å²) in [6.45, 7) is 10.4. The van der Waals surface area contributed by atoms with Gasteiger partial charge in [0.15, 0.2) is 0 Å². The van der Waals surface area contributed by atoms with E-state index >= 15 is 0 Å². The molecule has 2 fully saturated rings. The topological polar surface area (TPSA) is 151 Å². The minimum atomic E-state index is -1.41. The average molecular weight is 896 g/mol. The van der Waals surface area contributed by atoms with Crippen LogP contribution in [-0.2, 0) is 37.0 Å². The number of aliphatic hydroxyl groups excluding tert-OH is 2. The third-order valence-corrected chi connectivity index (χ3v) is 13.0. The molecule has 13 nitrogen and oxygen atoms in total. The number of ether oxygens (including phenoxy) is 6. The third kappa shape index (κ3) is 12.0. The molecule has 2 N–H and O–H groups in total. The van der Waals surface area contributed by atoms with E-state index < -0.39 is 30.1 Å². The van der Waals surface area contributed by atoms with Crippen LogP contribution in [0.15, 0.2) is 96.2 Å². The first-order chi connectivity index (χ1) is 31.9. The Bertz CT molecular complexity index is 2040. The van der Waals surface area contributed by atoms with Crippen LogP contribution in [0.2, 0.25) is 0 Å². The van der Waals surface area contributed by atoms with Gasteiger partial charge >= 0.3 is 6.09 Å². The van der Waals surface area contributed by atoms with Crippen LogP contribution < -0.4 is 9.47 Å². The number of fused-ring (bicyclic) bond motifs is 2. The number of aryl methyl sites for hydroxylation is 1.